The van der Waals surface area contributed by atoms with E-state index in [1.54, 1.807) is 46.5 Å². The lowest BCUT2D eigenvalue weighted by atomic mass is 10.1. The van der Waals surface area contributed by atoms with Crippen molar-refractivity contribution in [3.8, 4) is 5.69 Å². The number of nitrogens with one attached hydrogen (secondary N) is 2. The van der Waals surface area contributed by atoms with E-state index in [0.29, 0.717) is 23.4 Å². The summed E-state index contributed by atoms with van der Waals surface area (Å²) < 4.78 is 1.72. The number of benzene rings is 2. The van der Waals surface area contributed by atoms with Gasteiger partial charge in [0, 0.05) is 28.2 Å². The van der Waals surface area contributed by atoms with E-state index in [2.05, 4.69) is 27.0 Å². The smallest absolute Gasteiger partial charge is 0.255 e. The van der Waals surface area contributed by atoms with Crippen LogP contribution in [0, 0.1) is 6.92 Å². The van der Waals surface area contributed by atoms with Crippen molar-refractivity contribution in [3.63, 3.8) is 0 Å². The first-order valence-corrected chi connectivity index (χ1v) is 11.2. The lowest BCUT2D eigenvalue weighted by molar-refractivity contribution is -0.116. The van der Waals surface area contributed by atoms with E-state index < -0.39 is 0 Å². The molecule has 0 bridgehead atoms. The molecule has 8 heteroatoms. The van der Waals surface area contributed by atoms with Gasteiger partial charge in [0.05, 0.1) is 17.6 Å². The lowest BCUT2D eigenvalue weighted by Gasteiger charge is -2.09. The maximum absolute atomic E-state index is 12.7. The Bertz CT molecular complexity index is 1200. The van der Waals surface area contributed by atoms with Crippen LogP contribution in [0.5, 0.6) is 0 Å². The number of aromatic nitrogens is 3. The van der Waals surface area contributed by atoms with Gasteiger partial charge in [0.25, 0.3) is 5.91 Å². The second-order valence-corrected chi connectivity index (χ2v) is 8.38. The molecule has 0 unspecified atom stereocenters. The lowest BCUT2D eigenvalue weighted by Crippen LogP contribution is -2.14. The maximum atomic E-state index is 12.7. The molecule has 0 radical (unpaired) electrons. The Hall–Kier alpha value is -3.78. The van der Waals surface area contributed by atoms with Crippen molar-refractivity contribution < 1.29 is 9.59 Å². The molecule has 0 saturated heterocycles. The predicted octanol–water partition coefficient (Wildman–Crippen LogP) is 4.85. The number of rotatable bonds is 8. The van der Waals surface area contributed by atoms with Crippen LogP contribution in [-0.2, 0) is 11.2 Å². The van der Waals surface area contributed by atoms with Gasteiger partial charge in [0.1, 0.15) is 0 Å². The molecule has 0 aliphatic heterocycles. The summed E-state index contributed by atoms with van der Waals surface area (Å²) in [6.45, 7) is 1.92. The van der Waals surface area contributed by atoms with Gasteiger partial charge in [-0.3, -0.25) is 9.59 Å². The number of aryl methyl sites for hydroxylation is 2. The molecule has 2 N–H and O–H groups in total. The van der Waals surface area contributed by atoms with Crippen LogP contribution in [-0.4, -0.2) is 26.8 Å². The second-order valence-electron chi connectivity index (χ2n) is 7.35. The highest BCUT2D eigenvalue weighted by Gasteiger charge is 2.10. The minimum atomic E-state index is -0.247. The van der Waals surface area contributed by atoms with Crippen LogP contribution in [0.3, 0.4) is 0 Å². The fourth-order valence-corrected chi connectivity index (χ4v) is 4.02. The van der Waals surface area contributed by atoms with E-state index in [9.17, 15) is 9.59 Å². The van der Waals surface area contributed by atoms with Gasteiger partial charge >= 0.3 is 0 Å². The van der Waals surface area contributed by atoms with Crippen LogP contribution in [0.4, 0.5) is 11.4 Å². The highest BCUT2D eigenvalue weighted by Crippen LogP contribution is 2.17. The van der Waals surface area contributed by atoms with Crippen LogP contribution in [0.25, 0.3) is 5.69 Å². The molecule has 0 fully saturated rings. The minimum Gasteiger partial charge on any atom is -0.326 e. The average molecular weight is 446 g/mol. The molecule has 2 amide bonds. The van der Waals surface area contributed by atoms with Gasteiger partial charge in [0.2, 0.25) is 5.91 Å². The van der Waals surface area contributed by atoms with Crippen molar-refractivity contribution in [1.29, 1.82) is 0 Å². The standard InChI is InChI=1S/C24H23N5O2S/c1-17-16-25-28-29(17)21-12-10-19(11-13-21)27-24(31)18-5-2-6-20(15-18)26-23(30)9-3-7-22-8-4-14-32-22/h2,4-6,8,10-16H,3,7,9H2,1H3,(H,26,30)(H,27,31). The maximum Gasteiger partial charge on any atom is 0.255 e. The zero-order valence-electron chi connectivity index (χ0n) is 17.6. The Kier molecular flexibility index (Phi) is 6.72. The summed E-state index contributed by atoms with van der Waals surface area (Å²) in [6.07, 6.45) is 3.80. The molecule has 0 atom stereocenters. The number of thiophene rings is 1. The van der Waals surface area contributed by atoms with Gasteiger partial charge in [-0.2, -0.15) is 0 Å². The quantitative estimate of drug-likeness (QED) is 0.406. The minimum absolute atomic E-state index is 0.0573. The SMILES string of the molecule is Cc1cnnn1-c1ccc(NC(=O)c2cccc(NC(=O)CCCc3cccs3)c2)cc1. The normalized spacial score (nSPS) is 10.7. The van der Waals surface area contributed by atoms with Gasteiger partial charge in [-0.05, 0) is 73.7 Å². The zero-order valence-corrected chi connectivity index (χ0v) is 18.4. The number of hydrogen-bond acceptors (Lipinski definition) is 5. The number of hydrogen-bond donors (Lipinski definition) is 2. The number of carbonyl (C=O) groups excluding carboxylic acids is 2. The van der Waals surface area contributed by atoms with E-state index in [4.69, 9.17) is 0 Å². The molecular formula is C24H23N5O2S. The Balaban J connectivity index is 1.32. The molecule has 2 heterocycles. The molecule has 0 aliphatic rings. The van der Waals surface area contributed by atoms with Crippen LogP contribution in [0.1, 0.15) is 33.8 Å². The van der Waals surface area contributed by atoms with Crippen LogP contribution >= 0.6 is 11.3 Å². The summed E-state index contributed by atoms with van der Waals surface area (Å²) in [5.74, 6) is -0.304. The third-order valence-electron chi connectivity index (χ3n) is 4.91. The van der Waals surface area contributed by atoms with Gasteiger partial charge in [-0.25, -0.2) is 4.68 Å². The number of carbonyl (C=O) groups is 2. The van der Waals surface area contributed by atoms with E-state index in [1.165, 1.54) is 4.88 Å². The molecule has 2 aromatic carbocycles. The average Bonchev–Trinajstić information content (AvgIpc) is 3.46. The molecular weight excluding hydrogens is 422 g/mol. The molecule has 4 aromatic rings. The predicted molar refractivity (Wildman–Crippen MR) is 126 cm³/mol. The summed E-state index contributed by atoms with van der Waals surface area (Å²) in [6, 6.07) is 18.4. The second kappa shape index (κ2) is 10.0. The van der Waals surface area contributed by atoms with Crippen LogP contribution in [0.2, 0.25) is 0 Å². The van der Waals surface area contributed by atoms with Crippen molar-refractivity contribution in [2.45, 2.75) is 26.2 Å². The molecule has 162 valence electrons. The molecule has 2 aromatic heterocycles. The van der Waals surface area contributed by atoms with Gasteiger partial charge in [-0.15, -0.1) is 16.4 Å². The summed E-state index contributed by atoms with van der Waals surface area (Å²) in [7, 11) is 0. The first kappa shape index (κ1) is 21.5. The molecule has 4 rings (SSSR count). The van der Waals surface area contributed by atoms with E-state index >= 15 is 0 Å². The first-order valence-electron chi connectivity index (χ1n) is 10.3. The topological polar surface area (TPSA) is 88.9 Å². The van der Waals surface area contributed by atoms with Crippen molar-refractivity contribution in [2.24, 2.45) is 0 Å². The van der Waals surface area contributed by atoms with Crippen molar-refractivity contribution in [1.82, 2.24) is 15.0 Å². The summed E-state index contributed by atoms with van der Waals surface area (Å²) in [5, 5.41) is 15.7. The number of nitrogens with zero attached hydrogens (tertiary/aromatic N) is 3. The third kappa shape index (κ3) is 5.47. The molecule has 0 spiro atoms. The summed E-state index contributed by atoms with van der Waals surface area (Å²) in [4.78, 5) is 26.2. The highest BCUT2D eigenvalue weighted by molar-refractivity contribution is 7.09. The molecule has 7 nitrogen and oxygen atoms in total. The largest absolute Gasteiger partial charge is 0.326 e. The highest BCUT2D eigenvalue weighted by atomic mass is 32.1. The zero-order chi connectivity index (χ0) is 22.3. The van der Waals surface area contributed by atoms with E-state index in [1.807, 2.05) is 42.6 Å². The summed E-state index contributed by atoms with van der Waals surface area (Å²) in [5.41, 5.74) is 3.53. The molecule has 0 aliphatic carbocycles. The van der Waals surface area contributed by atoms with Gasteiger partial charge < -0.3 is 10.6 Å². The first-order chi connectivity index (χ1) is 15.6. The number of anilines is 2. The molecule has 32 heavy (non-hydrogen) atoms. The molecule has 0 saturated carbocycles. The Morgan fingerprint density at radius 1 is 1.00 bits per heavy atom. The Labute approximate surface area is 190 Å². The fraction of sp³-hybridized carbons (Fsp3) is 0.167. The van der Waals surface area contributed by atoms with Crippen molar-refractivity contribution >= 4 is 34.5 Å². The van der Waals surface area contributed by atoms with E-state index in [-0.39, 0.29) is 11.8 Å². The van der Waals surface area contributed by atoms with Crippen molar-refractivity contribution in [3.05, 3.63) is 88.4 Å². The van der Waals surface area contributed by atoms with Crippen LogP contribution in [0.15, 0.2) is 72.2 Å². The Morgan fingerprint density at radius 2 is 1.84 bits per heavy atom. The monoisotopic (exact) mass is 445 g/mol. The van der Waals surface area contributed by atoms with Gasteiger partial charge in [-0.1, -0.05) is 17.3 Å². The van der Waals surface area contributed by atoms with Crippen LogP contribution < -0.4 is 10.6 Å². The van der Waals surface area contributed by atoms with Crippen molar-refractivity contribution in [2.75, 3.05) is 10.6 Å². The fourth-order valence-electron chi connectivity index (χ4n) is 3.27. The Morgan fingerprint density at radius 3 is 2.56 bits per heavy atom. The number of amides is 2. The van der Waals surface area contributed by atoms with Gasteiger partial charge in [0.15, 0.2) is 0 Å². The third-order valence-corrected chi connectivity index (χ3v) is 5.84. The van der Waals surface area contributed by atoms with E-state index in [0.717, 1.165) is 24.2 Å². The summed E-state index contributed by atoms with van der Waals surface area (Å²) >= 11 is 1.70.